The van der Waals surface area contributed by atoms with Crippen molar-refractivity contribution in [2.24, 2.45) is 5.92 Å². The Morgan fingerprint density at radius 1 is 1.38 bits per heavy atom. The van der Waals surface area contributed by atoms with Crippen LogP contribution in [-0.2, 0) is 0 Å². The number of aliphatic hydroxyl groups excluding tert-OH is 1. The van der Waals surface area contributed by atoms with Gasteiger partial charge in [0.15, 0.2) is 0 Å². The van der Waals surface area contributed by atoms with Gasteiger partial charge in [-0.05, 0) is 38.3 Å². The Morgan fingerprint density at radius 2 is 2.12 bits per heavy atom. The van der Waals surface area contributed by atoms with Crippen LogP contribution in [-0.4, -0.2) is 48.8 Å². The SMILES string of the molecule is CCNC(CCO)CN(CC)CC1CCC1. The van der Waals surface area contributed by atoms with Gasteiger partial charge in [-0.3, -0.25) is 0 Å². The van der Waals surface area contributed by atoms with E-state index in [0.717, 1.165) is 32.0 Å². The molecule has 1 aliphatic carbocycles. The van der Waals surface area contributed by atoms with Crippen LogP contribution in [0, 0.1) is 5.92 Å². The molecular formula is C13H28N2O. The first-order valence-corrected chi connectivity index (χ1v) is 6.86. The topological polar surface area (TPSA) is 35.5 Å². The predicted molar refractivity (Wildman–Crippen MR) is 68.6 cm³/mol. The summed E-state index contributed by atoms with van der Waals surface area (Å²) in [5, 5.41) is 12.5. The number of aliphatic hydroxyl groups is 1. The summed E-state index contributed by atoms with van der Waals surface area (Å²) in [5.41, 5.74) is 0. The van der Waals surface area contributed by atoms with E-state index in [-0.39, 0.29) is 0 Å². The van der Waals surface area contributed by atoms with Gasteiger partial charge in [-0.1, -0.05) is 20.3 Å². The van der Waals surface area contributed by atoms with Crippen molar-refractivity contribution in [2.45, 2.75) is 45.6 Å². The summed E-state index contributed by atoms with van der Waals surface area (Å²) in [6.07, 6.45) is 5.13. The number of hydrogen-bond acceptors (Lipinski definition) is 3. The molecule has 16 heavy (non-hydrogen) atoms. The van der Waals surface area contributed by atoms with Gasteiger partial charge in [-0.25, -0.2) is 0 Å². The maximum absolute atomic E-state index is 9.03. The first-order chi connectivity index (χ1) is 7.80. The highest BCUT2D eigenvalue weighted by Gasteiger charge is 2.21. The summed E-state index contributed by atoms with van der Waals surface area (Å²) in [6, 6.07) is 0.454. The highest BCUT2D eigenvalue weighted by Crippen LogP contribution is 2.27. The maximum Gasteiger partial charge on any atom is 0.0446 e. The summed E-state index contributed by atoms with van der Waals surface area (Å²) in [7, 11) is 0. The van der Waals surface area contributed by atoms with Crippen LogP contribution in [0.1, 0.15) is 39.5 Å². The average Bonchev–Trinajstić information content (AvgIpc) is 2.22. The molecule has 3 nitrogen and oxygen atoms in total. The second kappa shape index (κ2) is 8.04. The summed E-state index contributed by atoms with van der Waals surface area (Å²) >= 11 is 0. The van der Waals surface area contributed by atoms with E-state index < -0.39 is 0 Å². The van der Waals surface area contributed by atoms with Crippen molar-refractivity contribution >= 4 is 0 Å². The highest BCUT2D eigenvalue weighted by molar-refractivity contribution is 4.77. The van der Waals surface area contributed by atoms with Gasteiger partial charge in [-0.15, -0.1) is 0 Å². The molecule has 2 N–H and O–H groups in total. The van der Waals surface area contributed by atoms with Gasteiger partial charge < -0.3 is 15.3 Å². The summed E-state index contributed by atoms with van der Waals surface area (Å²) in [5.74, 6) is 0.941. The zero-order chi connectivity index (χ0) is 11.8. The van der Waals surface area contributed by atoms with Crippen LogP contribution in [0.25, 0.3) is 0 Å². The molecule has 1 unspecified atom stereocenters. The Kier molecular flexibility index (Phi) is 7.01. The number of hydrogen-bond donors (Lipinski definition) is 2. The first kappa shape index (κ1) is 13.9. The lowest BCUT2D eigenvalue weighted by Crippen LogP contribution is -2.44. The van der Waals surface area contributed by atoms with Crippen LogP contribution in [0.15, 0.2) is 0 Å². The minimum atomic E-state index is 0.290. The van der Waals surface area contributed by atoms with Crippen LogP contribution in [0.4, 0.5) is 0 Å². The van der Waals surface area contributed by atoms with Crippen LogP contribution in [0.2, 0.25) is 0 Å². The molecule has 96 valence electrons. The van der Waals surface area contributed by atoms with Crippen molar-refractivity contribution in [3.8, 4) is 0 Å². The van der Waals surface area contributed by atoms with Crippen LogP contribution in [0.5, 0.6) is 0 Å². The Labute approximate surface area is 100 Å². The molecule has 0 radical (unpaired) electrons. The zero-order valence-corrected chi connectivity index (χ0v) is 10.9. The summed E-state index contributed by atoms with van der Waals surface area (Å²) < 4.78 is 0. The predicted octanol–water partition coefficient (Wildman–Crippen LogP) is 1.47. The molecule has 0 bridgehead atoms. The van der Waals surface area contributed by atoms with E-state index >= 15 is 0 Å². The molecular weight excluding hydrogens is 200 g/mol. The maximum atomic E-state index is 9.03. The lowest BCUT2D eigenvalue weighted by Gasteiger charge is -2.33. The van der Waals surface area contributed by atoms with Gasteiger partial charge >= 0.3 is 0 Å². The van der Waals surface area contributed by atoms with E-state index in [1.54, 1.807) is 0 Å². The lowest BCUT2D eigenvalue weighted by atomic mass is 9.85. The molecule has 1 fully saturated rings. The fourth-order valence-corrected chi connectivity index (χ4v) is 2.39. The van der Waals surface area contributed by atoms with Crippen LogP contribution < -0.4 is 5.32 Å². The molecule has 0 heterocycles. The van der Waals surface area contributed by atoms with Gasteiger partial charge in [0.2, 0.25) is 0 Å². The smallest absolute Gasteiger partial charge is 0.0446 e. The van der Waals surface area contributed by atoms with Crippen molar-refractivity contribution in [3.05, 3.63) is 0 Å². The normalized spacial score (nSPS) is 18.8. The fraction of sp³-hybridized carbons (Fsp3) is 1.00. The van der Waals surface area contributed by atoms with Crippen molar-refractivity contribution in [1.29, 1.82) is 0 Å². The van der Waals surface area contributed by atoms with Crippen molar-refractivity contribution < 1.29 is 5.11 Å². The van der Waals surface area contributed by atoms with Gasteiger partial charge in [0.1, 0.15) is 0 Å². The Balaban J connectivity index is 2.26. The van der Waals surface area contributed by atoms with E-state index in [4.69, 9.17) is 5.11 Å². The van der Waals surface area contributed by atoms with E-state index in [2.05, 4.69) is 24.1 Å². The largest absolute Gasteiger partial charge is 0.396 e. The third-order valence-corrected chi connectivity index (χ3v) is 3.64. The first-order valence-electron chi connectivity index (χ1n) is 6.86. The number of nitrogens with zero attached hydrogens (tertiary/aromatic N) is 1. The van der Waals surface area contributed by atoms with Crippen LogP contribution in [0.3, 0.4) is 0 Å². The van der Waals surface area contributed by atoms with Crippen molar-refractivity contribution in [2.75, 3.05) is 32.8 Å². The van der Waals surface area contributed by atoms with Gasteiger partial charge in [0, 0.05) is 25.7 Å². The molecule has 0 spiro atoms. The Bertz CT molecular complexity index is 165. The molecule has 0 aliphatic heterocycles. The molecule has 1 atom stereocenters. The number of likely N-dealkylation sites (N-methyl/N-ethyl adjacent to an activating group) is 2. The minimum Gasteiger partial charge on any atom is -0.396 e. The quantitative estimate of drug-likeness (QED) is 0.627. The van der Waals surface area contributed by atoms with Crippen molar-refractivity contribution in [3.63, 3.8) is 0 Å². The highest BCUT2D eigenvalue weighted by atomic mass is 16.3. The molecule has 0 aromatic carbocycles. The van der Waals surface area contributed by atoms with Gasteiger partial charge in [-0.2, -0.15) is 0 Å². The standard InChI is InChI=1S/C13H28N2O/c1-3-14-13(8-9-16)11-15(4-2)10-12-6-5-7-12/h12-14,16H,3-11H2,1-2H3. The summed E-state index contributed by atoms with van der Waals surface area (Å²) in [6.45, 7) is 9.12. The monoisotopic (exact) mass is 228 g/mol. The average molecular weight is 228 g/mol. The lowest BCUT2D eigenvalue weighted by molar-refractivity contribution is 0.160. The second-order valence-corrected chi connectivity index (χ2v) is 4.92. The molecule has 0 saturated heterocycles. The minimum absolute atomic E-state index is 0.290. The van der Waals surface area contributed by atoms with E-state index in [0.29, 0.717) is 12.6 Å². The third kappa shape index (κ3) is 4.81. The molecule has 1 rings (SSSR count). The third-order valence-electron chi connectivity index (χ3n) is 3.64. The zero-order valence-electron chi connectivity index (χ0n) is 10.9. The molecule has 0 amide bonds. The molecule has 3 heteroatoms. The van der Waals surface area contributed by atoms with E-state index in [1.807, 2.05) is 0 Å². The molecule has 1 saturated carbocycles. The van der Waals surface area contributed by atoms with Gasteiger partial charge in [0.05, 0.1) is 0 Å². The number of nitrogens with one attached hydrogen (secondary N) is 1. The Hall–Kier alpha value is -0.120. The summed E-state index contributed by atoms with van der Waals surface area (Å²) in [4.78, 5) is 2.53. The number of rotatable bonds is 9. The van der Waals surface area contributed by atoms with Gasteiger partial charge in [0.25, 0.3) is 0 Å². The van der Waals surface area contributed by atoms with Crippen LogP contribution >= 0.6 is 0 Å². The van der Waals surface area contributed by atoms with E-state index in [1.165, 1.54) is 25.8 Å². The molecule has 1 aliphatic rings. The second-order valence-electron chi connectivity index (χ2n) is 4.92. The Morgan fingerprint density at radius 3 is 2.56 bits per heavy atom. The fourth-order valence-electron chi connectivity index (χ4n) is 2.39. The van der Waals surface area contributed by atoms with E-state index in [9.17, 15) is 0 Å². The molecule has 0 aromatic heterocycles. The molecule has 0 aromatic rings. The van der Waals surface area contributed by atoms with Crippen molar-refractivity contribution in [1.82, 2.24) is 10.2 Å².